The van der Waals surface area contributed by atoms with E-state index in [1.807, 2.05) is 0 Å². The maximum absolute atomic E-state index is 10.7. The van der Waals surface area contributed by atoms with Crippen LogP contribution in [0.3, 0.4) is 0 Å². The van der Waals surface area contributed by atoms with E-state index >= 15 is 0 Å². The zero-order chi connectivity index (χ0) is 10.9. The van der Waals surface area contributed by atoms with Crippen molar-refractivity contribution in [3.8, 4) is 0 Å². The first kappa shape index (κ1) is 9.60. The summed E-state index contributed by atoms with van der Waals surface area (Å²) in [4.78, 5) is 14.9. The molecule has 1 heterocycles. The van der Waals surface area contributed by atoms with Gasteiger partial charge in [-0.25, -0.2) is 0 Å². The molecule has 0 aliphatic carbocycles. The van der Waals surface area contributed by atoms with Crippen LogP contribution in [-0.2, 0) is 10.6 Å². The van der Waals surface area contributed by atoms with Crippen LogP contribution in [0.4, 0.5) is 5.69 Å². The topological polar surface area (TPSA) is 85.0 Å². The van der Waals surface area contributed by atoms with Gasteiger partial charge in [0.25, 0.3) is 11.5 Å². The predicted molar refractivity (Wildman–Crippen MR) is 51.2 cm³/mol. The summed E-state index contributed by atoms with van der Waals surface area (Å²) < 4.78 is 0. The van der Waals surface area contributed by atoms with Crippen LogP contribution in [0.5, 0.6) is 0 Å². The van der Waals surface area contributed by atoms with Crippen molar-refractivity contribution in [3.63, 3.8) is 0 Å². The maximum Gasteiger partial charge on any atom is 0.279 e. The van der Waals surface area contributed by atoms with Gasteiger partial charge in [0.05, 0.1) is 17.6 Å². The summed E-state index contributed by atoms with van der Waals surface area (Å²) in [7, 11) is 0. The number of hydrogen-bond donors (Lipinski definition) is 1. The van der Waals surface area contributed by atoms with E-state index < -0.39 is 10.7 Å². The molecule has 0 saturated heterocycles. The second-order valence-corrected chi connectivity index (χ2v) is 3.14. The highest BCUT2D eigenvalue weighted by Crippen LogP contribution is 2.35. The molecule has 15 heavy (non-hydrogen) atoms. The molecule has 1 atom stereocenters. The second kappa shape index (κ2) is 3.32. The molecule has 0 aromatic heterocycles. The Bertz CT molecular complexity index is 422. The Morgan fingerprint density at radius 1 is 1.53 bits per heavy atom. The maximum atomic E-state index is 10.7. The lowest BCUT2D eigenvalue weighted by Crippen LogP contribution is -2.25. The Hall–Kier alpha value is -1.95. The molecule has 0 radical (unpaired) electrons. The first-order valence-electron chi connectivity index (χ1n) is 4.30. The SMILES string of the molecule is O=[N+]([O-])c1ccccc1C1(O)CC=NO1. The van der Waals surface area contributed by atoms with Gasteiger partial charge >= 0.3 is 0 Å². The Morgan fingerprint density at radius 2 is 2.27 bits per heavy atom. The highest BCUT2D eigenvalue weighted by Gasteiger charge is 2.40. The fourth-order valence-electron chi connectivity index (χ4n) is 1.45. The molecule has 6 nitrogen and oxygen atoms in total. The Kier molecular flexibility index (Phi) is 2.12. The van der Waals surface area contributed by atoms with Crippen LogP contribution >= 0.6 is 0 Å². The number of nitro groups is 1. The van der Waals surface area contributed by atoms with E-state index in [1.54, 1.807) is 6.07 Å². The molecule has 0 spiro atoms. The first-order chi connectivity index (χ1) is 7.13. The number of oxime groups is 1. The molecule has 0 fully saturated rings. The number of nitro benzene ring substituents is 1. The van der Waals surface area contributed by atoms with Crippen molar-refractivity contribution in [3.05, 3.63) is 39.9 Å². The lowest BCUT2D eigenvalue weighted by atomic mass is 10.0. The van der Waals surface area contributed by atoms with Gasteiger partial charge in [-0.3, -0.25) is 10.1 Å². The molecule has 1 aromatic carbocycles. The number of nitrogens with zero attached hydrogens (tertiary/aromatic N) is 2. The number of hydrogen-bond acceptors (Lipinski definition) is 5. The van der Waals surface area contributed by atoms with E-state index in [2.05, 4.69) is 5.16 Å². The van der Waals surface area contributed by atoms with Crippen LogP contribution in [0, 0.1) is 10.1 Å². The van der Waals surface area contributed by atoms with Crippen molar-refractivity contribution >= 4 is 11.9 Å². The smallest absolute Gasteiger partial charge is 0.279 e. The van der Waals surface area contributed by atoms with Gasteiger partial charge in [-0.2, -0.15) is 0 Å². The molecule has 2 rings (SSSR count). The Balaban J connectivity index is 2.47. The summed E-state index contributed by atoms with van der Waals surface area (Å²) in [5.74, 6) is -1.70. The average Bonchev–Trinajstić information content (AvgIpc) is 2.66. The van der Waals surface area contributed by atoms with Gasteiger partial charge < -0.3 is 9.94 Å². The van der Waals surface area contributed by atoms with Gasteiger partial charge in [0.15, 0.2) is 0 Å². The van der Waals surface area contributed by atoms with Crippen LogP contribution in [0.25, 0.3) is 0 Å². The first-order valence-corrected chi connectivity index (χ1v) is 4.30. The predicted octanol–water partition coefficient (Wildman–Crippen LogP) is 1.15. The summed E-state index contributed by atoms with van der Waals surface area (Å²) in [5.41, 5.74) is -0.0574. The van der Waals surface area contributed by atoms with Crippen molar-refractivity contribution in [2.45, 2.75) is 12.2 Å². The lowest BCUT2D eigenvalue weighted by molar-refractivity contribution is -0.388. The van der Waals surface area contributed by atoms with Crippen molar-refractivity contribution in [1.29, 1.82) is 0 Å². The normalized spacial score (nSPS) is 23.8. The van der Waals surface area contributed by atoms with Crippen molar-refractivity contribution < 1.29 is 14.9 Å². The van der Waals surface area contributed by atoms with Gasteiger partial charge in [-0.05, 0) is 6.07 Å². The molecule has 0 saturated carbocycles. The van der Waals surface area contributed by atoms with E-state index in [1.165, 1.54) is 24.4 Å². The molecular formula is C9H8N2O4. The highest BCUT2D eigenvalue weighted by atomic mass is 16.7. The average molecular weight is 208 g/mol. The summed E-state index contributed by atoms with van der Waals surface area (Å²) in [6, 6.07) is 5.89. The quantitative estimate of drug-likeness (QED) is 0.583. The molecular weight excluding hydrogens is 200 g/mol. The molecule has 1 aliphatic rings. The zero-order valence-electron chi connectivity index (χ0n) is 7.66. The fraction of sp³-hybridized carbons (Fsp3) is 0.222. The van der Waals surface area contributed by atoms with Crippen LogP contribution in [0.15, 0.2) is 29.4 Å². The number of rotatable bonds is 2. The van der Waals surface area contributed by atoms with Crippen molar-refractivity contribution in [2.24, 2.45) is 5.16 Å². The summed E-state index contributed by atoms with van der Waals surface area (Å²) >= 11 is 0. The van der Waals surface area contributed by atoms with Crippen molar-refractivity contribution in [1.82, 2.24) is 0 Å². The fourth-order valence-corrected chi connectivity index (χ4v) is 1.45. The zero-order valence-corrected chi connectivity index (χ0v) is 7.66. The van der Waals surface area contributed by atoms with Gasteiger partial charge in [-0.15, -0.1) is 0 Å². The summed E-state index contributed by atoms with van der Waals surface area (Å²) in [5, 5.41) is 24.1. The minimum absolute atomic E-state index is 0.109. The van der Waals surface area contributed by atoms with E-state index in [-0.39, 0.29) is 17.7 Å². The van der Waals surface area contributed by atoms with Crippen LogP contribution in [-0.4, -0.2) is 16.2 Å². The highest BCUT2D eigenvalue weighted by molar-refractivity contribution is 5.61. The molecule has 1 N–H and O–H groups in total. The van der Waals surface area contributed by atoms with E-state index in [9.17, 15) is 15.2 Å². The Morgan fingerprint density at radius 3 is 2.87 bits per heavy atom. The number of para-hydroxylation sites is 1. The minimum Gasteiger partial charge on any atom is -0.355 e. The van der Waals surface area contributed by atoms with E-state index in [0.29, 0.717) is 0 Å². The molecule has 78 valence electrons. The molecule has 0 amide bonds. The van der Waals surface area contributed by atoms with Crippen LogP contribution in [0.1, 0.15) is 12.0 Å². The third-order valence-corrected chi connectivity index (χ3v) is 2.17. The third-order valence-electron chi connectivity index (χ3n) is 2.17. The summed E-state index contributed by atoms with van der Waals surface area (Å²) in [6.45, 7) is 0. The third kappa shape index (κ3) is 1.55. The van der Waals surface area contributed by atoms with Crippen LogP contribution in [0.2, 0.25) is 0 Å². The number of benzene rings is 1. The Labute approximate surface area is 84.9 Å². The van der Waals surface area contributed by atoms with Crippen molar-refractivity contribution in [2.75, 3.05) is 0 Å². The standard InChI is InChI=1S/C9H8N2O4/c12-9(5-6-10-15-9)7-3-1-2-4-8(7)11(13)14/h1-4,6,12H,5H2. The summed E-state index contributed by atoms with van der Waals surface area (Å²) in [6.07, 6.45) is 1.48. The molecule has 1 aliphatic heterocycles. The van der Waals surface area contributed by atoms with E-state index in [0.717, 1.165) is 0 Å². The molecule has 0 bridgehead atoms. The van der Waals surface area contributed by atoms with Gasteiger partial charge in [-0.1, -0.05) is 17.3 Å². The largest absolute Gasteiger partial charge is 0.355 e. The van der Waals surface area contributed by atoms with Gasteiger partial charge in [0.2, 0.25) is 0 Å². The molecule has 1 unspecified atom stereocenters. The number of aliphatic hydroxyl groups is 1. The lowest BCUT2D eigenvalue weighted by Gasteiger charge is -2.19. The van der Waals surface area contributed by atoms with E-state index in [4.69, 9.17) is 4.84 Å². The van der Waals surface area contributed by atoms with Gasteiger partial charge in [0, 0.05) is 6.07 Å². The molecule has 6 heteroatoms. The minimum atomic E-state index is -1.70. The van der Waals surface area contributed by atoms with Gasteiger partial charge in [0.1, 0.15) is 5.56 Å². The molecule has 1 aromatic rings. The monoisotopic (exact) mass is 208 g/mol. The second-order valence-electron chi connectivity index (χ2n) is 3.14. The van der Waals surface area contributed by atoms with Crippen LogP contribution < -0.4 is 0 Å².